The second-order valence-electron chi connectivity index (χ2n) is 6.25. The maximum atomic E-state index is 4.78. The van der Waals surface area contributed by atoms with Crippen molar-refractivity contribution in [3.05, 3.63) is 22.9 Å². The number of nitrogens with zero attached hydrogens (tertiary/aromatic N) is 2. The Labute approximate surface area is 117 Å². The summed E-state index contributed by atoms with van der Waals surface area (Å²) in [5, 5.41) is 3.55. The molecule has 1 aromatic rings. The van der Waals surface area contributed by atoms with E-state index in [4.69, 9.17) is 4.98 Å². The molecule has 1 fully saturated rings. The summed E-state index contributed by atoms with van der Waals surface area (Å²) in [6.07, 6.45) is 2.62. The van der Waals surface area contributed by atoms with E-state index in [1.54, 1.807) is 0 Å². The van der Waals surface area contributed by atoms with Crippen LogP contribution >= 0.6 is 0 Å². The Kier molecular flexibility index (Phi) is 4.46. The zero-order valence-electron chi connectivity index (χ0n) is 13.0. The Bertz CT molecular complexity index is 436. The third-order valence-corrected chi connectivity index (χ3v) is 3.74. The quantitative estimate of drug-likeness (QED) is 0.853. The minimum Gasteiger partial charge on any atom is -0.356 e. The smallest absolute Gasteiger partial charge is 0.133 e. The fraction of sp³-hybridized carbons (Fsp3) is 0.688. The average molecular weight is 261 g/mol. The lowest BCUT2D eigenvalue weighted by molar-refractivity contribution is 0.550. The van der Waals surface area contributed by atoms with Crippen LogP contribution in [0.5, 0.6) is 0 Å². The summed E-state index contributed by atoms with van der Waals surface area (Å²) >= 11 is 0. The zero-order chi connectivity index (χ0) is 14.0. The van der Waals surface area contributed by atoms with E-state index >= 15 is 0 Å². The third-order valence-electron chi connectivity index (χ3n) is 3.74. The van der Waals surface area contributed by atoms with Crippen LogP contribution in [0.4, 0.5) is 5.82 Å². The van der Waals surface area contributed by atoms with Crippen LogP contribution in [0.3, 0.4) is 0 Å². The summed E-state index contributed by atoms with van der Waals surface area (Å²) in [6.45, 7) is 10.7. The molecule has 1 N–H and O–H groups in total. The van der Waals surface area contributed by atoms with Gasteiger partial charge >= 0.3 is 0 Å². The molecule has 1 aliphatic carbocycles. The first-order chi connectivity index (χ1) is 8.99. The Morgan fingerprint density at radius 3 is 2.63 bits per heavy atom. The monoisotopic (exact) mass is 261 g/mol. The van der Waals surface area contributed by atoms with Crippen LogP contribution in [0.15, 0.2) is 6.07 Å². The molecule has 0 spiro atoms. The van der Waals surface area contributed by atoms with Crippen LogP contribution in [-0.4, -0.2) is 24.6 Å². The molecule has 2 rings (SSSR count). The highest BCUT2D eigenvalue weighted by atomic mass is 15.2. The number of aromatic nitrogens is 1. The second kappa shape index (κ2) is 5.91. The summed E-state index contributed by atoms with van der Waals surface area (Å²) < 4.78 is 0. The Morgan fingerprint density at radius 1 is 1.37 bits per heavy atom. The molecule has 3 heteroatoms. The molecule has 1 aliphatic rings. The van der Waals surface area contributed by atoms with Gasteiger partial charge < -0.3 is 10.2 Å². The second-order valence-corrected chi connectivity index (χ2v) is 6.25. The first-order valence-electron chi connectivity index (χ1n) is 7.39. The van der Waals surface area contributed by atoms with Gasteiger partial charge in [0.1, 0.15) is 5.82 Å². The van der Waals surface area contributed by atoms with Gasteiger partial charge in [-0.05, 0) is 50.8 Å². The lowest BCUT2D eigenvalue weighted by Crippen LogP contribution is -2.26. The summed E-state index contributed by atoms with van der Waals surface area (Å²) in [4.78, 5) is 7.15. The van der Waals surface area contributed by atoms with Crippen LogP contribution in [0.1, 0.15) is 43.5 Å². The number of nitrogens with one attached hydrogen (secondary N) is 1. The summed E-state index contributed by atoms with van der Waals surface area (Å²) in [6, 6.07) is 2.90. The highest BCUT2D eigenvalue weighted by Gasteiger charge is 2.28. The first kappa shape index (κ1) is 14.3. The Morgan fingerprint density at radius 2 is 2.05 bits per heavy atom. The van der Waals surface area contributed by atoms with E-state index < -0.39 is 0 Å². The van der Waals surface area contributed by atoms with E-state index in [1.165, 1.54) is 29.8 Å². The van der Waals surface area contributed by atoms with E-state index in [0.717, 1.165) is 18.8 Å². The number of anilines is 1. The zero-order valence-corrected chi connectivity index (χ0v) is 13.0. The molecule has 0 bridgehead atoms. The molecule has 0 saturated heterocycles. The predicted molar refractivity (Wildman–Crippen MR) is 81.7 cm³/mol. The molecule has 0 atom stereocenters. The van der Waals surface area contributed by atoms with E-state index in [9.17, 15) is 0 Å². The van der Waals surface area contributed by atoms with E-state index in [-0.39, 0.29) is 0 Å². The van der Waals surface area contributed by atoms with Crippen LogP contribution < -0.4 is 10.2 Å². The van der Waals surface area contributed by atoms with Crippen LogP contribution in [-0.2, 0) is 6.54 Å². The van der Waals surface area contributed by atoms with Gasteiger partial charge in [-0.2, -0.15) is 0 Å². The first-order valence-corrected chi connectivity index (χ1v) is 7.39. The predicted octanol–water partition coefficient (Wildman–Crippen LogP) is 3.04. The Balaban J connectivity index is 2.18. The van der Waals surface area contributed by atoms with Gasteiger partial charge in [0.05, 0.1) is 0 Å². The van der Waals surface area contributed by atoms with Crippen molar-refractivity contribution in [2.75, 3.05) is 18.5 Å². The molecule has 1 saturated carbocycles. The largest absolute Gasteiger partial charge is 0.356 e. The molecule has 0 aromatic carbocycles. The maximum Gasteiger partial charge on any atom is 0.133 e. The third kappa shape index (κ3) is 3.69. The molecule has 106 valence electrons. The minimum absolute atomic E-state index is 0.684. The van der Waals surface area contributed by atoms with Crippen molar-refractivity contribution < 1.29 is 0 Å². The van der Waals surface area contributed by atoms with Crippen LogP contribution in [0, 0.1) is 19.8 Å². The van der Waals surface area contributed by atoms with Gasteiger partial charge in [0.15, 0.2) is 0 Å². The lowest BCUT2D eigenvalue weighted by atomic mass is 10.1. The van der Waals surface area contributed by atoms with Crippen molar-refractivity contribution in [2.24, 2.45) is 5.92 Å². The average Bonchev–Trinajstić information content (AvgIpc) is 3.14. The number of hydrogen-bond acceptors (Lipinski definition) is 3. The molecular weight excluding hydrogens is 234 g/mol. The van der Waals surface area contributed by atoms with Crippen molar-refractivity contribution in [2.45, 2.75) is 53.1 Å². The molecule has 0 amide bonds. The van der Waals surface area contributed by atoms with Gasteiger partial charge in [-0.15, -0.1) is 0 Å². The van der Waals surface area contributed by atoms with E-state index in [0.29, 0.717) is 12.0 Å². The van der Waals surface area contributed by atoms with Gasteiger partial charge in [-0.25, -0.2) is 4.98 Å². The van der Waals surface area contributed by atoms with Crippen molar-refractivity contribution in [1.29, 1.82) is 0 Å². The normalized spacial score (nSPS) is 15.1. The molecule has 0 radical (unpaired) electrons. The highest BCUT2D eigenvalue weighted by Crippen LogP contribution is 2.32. The fourth-order valence-electron chi connectivity index (χ4n) is 2.47. The molecule has 19 heavy (non-hydrogen) atoms. The summed E-state index contributed by atoms with van der Waals surface area (Å²) in [5.74, 6) is 1.86. The van der Waals surface area contributed by atoms with Crippen molar-refractivity contribution in [3.8, 4) is 0 Å². The number of aryl methyl sites for hydroxylation is 2. The van der Waals surface area contributed by atoms with Gasteiger partial charge in [-0.3, -0.25) is 0 Å². The van der Waals surface area contributed by atoms with E-state index in [2.05, 4.69) is 51.0 Å². The molecular formula is C16H27N3. The number of rotatable bonds is 6. The van der Waals surface area contributed by atoms with Gasteiger partial charge in [-0.1, -0.05) is 13.8 Å². The number of hydrogen-bond donors (Lipinski definition) is 1. The SMILES string of the molecule is Cc1cc(C)c(CNCC(C)C)c(N(C)C2CC2)n1. The minimum atomic E-state index is 0.684. The van der Waals surface area contributed by atoms with Crippen molar-refractivity contribution in [3.63, 3.8) is 0 Å². The summed E-state index contributed by atoms with van der Waals surface area (Å²) in [7, 11) is 2.19. The summed E-state index contributed by atoms with van der Waals surface area (Å²) in [5.41, 5.74) is 3.83. The van der Waals surface area contributed by atoms with Gasteiger partial charge in [0, 0.05) is 30.9 Å². The maximum absolute atomic E-state index is 4.78. The van der Waals surface area contributed by atoms with E-state index in [1.807, 2.05) is 0 Å². The Hall–Kier alpha value is -1.09. The van der Waals surface area contributed by atoms with Crippen molar-refractivity contribution >= 4 is 5.82 Å². The molecule has 1 aromatic heterocycles. The van der Waals surface area contributed by atoms with Crippen LogP contribution in [0.25, 0.3) is 0 Å². The molecule has 0 unspecified atom stereocenters. The molecule has 1 heterocycles. The standard InChI is InChI=1S/C16H27N3/c1-11(2)9-17-10-15-12(3)8-13(4)18-16(15)19(5)14-6-7-14/h8,11,14,17H,6-7,9-10H2,1-5H3. The topological polar surface area (TPSA) is 28.2 Å². The molecule has 0 aliphatic heterocycles. The van der Waals surface area contributed by atoms with Crippen LogP contribution in [0.2, 0.25) is 0 Å². The number of pyridine rings is 1. The highest BCUT2D eigenvalue weighted by molar-refractivity contribution is 5.52. The van der Waals surface area contributed by atoms with Gasteiger partial charge in [0.25, 0.3) is 0 Å². The van der Waals surface area contributed by atoms with Gasteiger partial charge in [0.2, 0.25) is 0 Å². The fourth-order valence-corrected chi connectivity index (χ4v) is 2.47. The lowest BCUT2D eigenvalue weighted by Gasteiger charge is -2.23. The molecule has 3 nitrogen and oxygen atoms in total. The van der Waals surface area contributed by atoms with Crippen molar-refractivity contribution in [1.82, 2.24) is 10.3 Å².